The number of hydrogen-bond donors (Lipinski definition) is 1. The number of rotatable bonds is 4. The second-order valence-electron chi connectivity index (χ2n) is 7.04. The van der Waals surface area contributed by atoms with Crippen LogP contribution in [0.5, 0.6) is 5.75 Å². The summed E-state index contributed by atoms with van der Waals surface area (Å²) in [6.45, 7) is 4.89. The first-order valence-corrected chi connectivity index (χ1v) is 9.55. The van der Waals surface area contributed by atoms with Crippen molar-refractivity contribution in [3.05, 3.63) is 64.5 Å². The van der Waals surface area contributed by atoms with Crippen LogP contribution in [0.25, 0.3) is 0 Å². The number of guanidine groups is 1. The lowest BCUT2D eigenvalue weighted by Gasteiger charge is -2.27. The summed E-state index contributed by atoms with van der Waals surface area (Å²) in [6, 6.07) is 9.22. The minimum Gasteiger partial charge on any atom is -0.460 e. The molecular weight excluding hydrogens is 388 g/mol. The SMILES string of the molecule is CCC#Cc1cc([C@@]2(c3ccc(OC(C)F)c(C)c3)N=C(N)N(C)C2=O)ccc1F. The van der Waals surface area contributed by atoms with Gasteiger partial charge in [0.25, 0.3) is 5.91 Å². The molecule has 3 rings (SSSR count). The van der Waals surface area contributed by atoms with Gasteiger partial charge in [-0.05, 0) is 47.9 Å². The van der Waals surface area contributed by atoms with Gasteiger partial charge in [0.1, 0.15) is 11.6 Å². The van der Waals surface area contributed by atoms with Gasteiger partial charge < -0.3 is 10.5 Å². The van der Waals surface area contributed by atoms with Crippen LogP contribution in [0.4, 0.5) is 8.78 Å². The van der Waals surface area contributed by atoms with E-state index in [1.807, 2.05) is 6.92 Å². The van der Waals surface area contributed by atoms with Crippen molar-refractivity contribution >= 4 is 11.9 Å². The predicted octanol–water partition coefficient (Wildman–Crippen LogP) is 3.62. The molecule has 0 saturated heterocycles. The molecule has 0 aliphatic carbocycles. The Labute approximate surface area is 174 Å². The Kier molecular flexibility index (Phi) is 5.79. The third kappa shape index (κ3) is 3.61. The van der Waals surface area contributed by atoms with E-state index in [1.54, 1.807) is 25.1 Å². The quantitative estimate of drug-likeness (QED) is 0.782. The lowest BCUT2D eigenvalue weighted by atomic mass is 9.81. The first-order valence-electron chi connectivity index (χ1n) is 9.55. The average molecular weight is 411 g/mol. The molecule has 0 aromatic heterocycles. The van der Waals surface area contributed by atoms with Crippen LogP contribution in [0.3, 0.4) is 0 Å². The number of aryl methyl sites for hydroxylation is 1. The third-order valence-corrected chi connectivity index (χ3v) is 4.91. The maximum absolute atomic E-state index is 14.3. The van der Waals surface area contributed by atoms with Crippen LogP contribution in [0.2, 0.25) is 0 Å². The molecule has 156 valence electrons. The molecule has 2 aromatic rings. The van der Waals surface area contributed by atoms with Gasteiger partial charge in [0, 0.05) is 20.4 Å². The minimum absolute atomic E-state index is 0.0425. The Balaban J connectivity index is 2.23. The number of amides is 1. The minimum atomic E-state index is -1.50. The summed E-state index contributed by atoms with van der Waals surface area (Å²) in [4.78, 5) is 19.1. The molecule has 2 aromatic carbocycles. The molecule has 0 bridgehead atoms. The fraction of sp³-hybridized carbons (Fsp3) is 0.304. The monoisotopic (exact) mass is 411 g/mol. The molecule has 1 unspecified atom stereocenters. The van der Waals surface area contributed by atoms with E-state index >= 15 is 0 Å². The van der Waals surface area contributed by atoms with E-state index in [0.717, 1.165) is 0 Å². The van der Waals surface area contributed by atoms with Crippen molar-refractivity contribution in [2.45, 2.75) is 39.1 Å². The Bertz CT molecular complexity index is 1090. The maximum Gasteiger partial charge on any atom is 0.266 e. The molecule has 0 saturated carbocycles. The van der Waals surface area contributed by atoms with Crippen LogP contribution < -0.4 is 10.5 Å². The Hall–Kier alpha value is -3.40. The number of nitrogens with two attached hydrogens (primary N) is 1. The van der Waals surface area contributed by atoms with E-state index < -0.39 is 17.7 Å². The second-order valence-corrected chi connectivity index (χ2v) is 7.04. The lowest BCUT2D eigenvalue weighted by molar-refractivity contribution is -0.129. The molecule has 1 amide bonds. The van der Waals surface area contributed by atoms with Crippen LogP contribution in [-0.2, 0) is 10.3 Å². The number of alkyl halides is 1. The zero-order valence-corrected chi connectivity index (χ0v) is 17.3. The molecule has 0 spiro atoms. The van der Waals surface area contributed by atoms with E-state index in [1.165, 1.54) is 37.1 Å². The molecule has 1 heterocycles. The van der Waals surface area contributed by atoms with Crippen LogP contribution in [0, 0.1) is 24.6 Å². The van der Waals surface area contributed by atoms with Gasteiger partial charge in [-0.2, -0.15) is 0 Å². The second kappa shape index (κ2) is 8.15. The number of likely N-dealkylation sites (N-methyl/N-ethyl adjacent to an activating group) is 1. The smallest absolute Gasteiger partial charge is 0.266 e. The van der Waals surface area contributed by atoms with Gasteiger partial charge in [0.2, 0.25) is 6.36 Å². The summed E-state index contributed by atoms with van der Waals surface area (Å²) in [5, 5.41) is 0. The van der Waals surface area contributed by atoms with E-state index in [4.69, 9.17) is 10.5 Å². The van der Waals surface area contributed by atoms with Gasteiger partial charge in [0.15, 0.2) is 11.5 Å². The highest BCUT2D eigenvalue weighted by molar-refractivity contribution is 6.09. The van der Waals surface area contributed by atoms with Crippen molar-refractivity contribution in [2.75, 3.05) is 7.05 Å². The molecule has 5 nitrogen and oxygen atoms in total. The van der Waals surface area contributed by atoms with Gasteiger partial charge >= 0.3 is 0 Å². The summed E-state index contributed by atoms with van der Waals surface area (Å²) < 4.78 is 32.7. The van der Waals surface area contributed by atoms with Crippen LogP contribution >= 0.6 is 0 Å². The number of aliphatic imine (C=N–C) groups is 1. The van der Waals surface area contributed by atoms with Crippen molar-refractivity contribution in [3.63, 3.8) is 0 Å². The number of halogens is 2. The normalized spacial score (nSPS) is 19.2. The van der Waals surface area contributed by atoms with Crippen molar-refractivity contribution < 1.29 is 18.3 Å². The molecule has 7 heteroatoms. The van der Waals surface area contributed by atoms with Crippen molar-refractivity contribution in [1.29, 1.82) is 0 Å². The summed E-state index contributed by atoms with van der Waals surface area (Å²) in [5.41, 5.74) is 6.23. The number of nitrogens with zero attached hydrogens (tertiary/aromatic N) is 2. The van der Waals surface area contributed by atoms with E-state index in [-0.39, 0.29) is 17.4 Å². The summed E-state index contributed by atoms with van der Waals surface area (Å²) in [7, 11) is 1.53. The predicted molar refractivity (Wildman–Crippen MR) is 111 cm³/mol. The average Bonchev–Trinajstić information content (AvgIpc) is 2.93. The summed E-state index contributed by atoms with van der Waals surface area (Å²) in [5.74, 6) is 5.16. The van der Waals surface area contributed by atoms with Gasteiger partial charge in [-0.3, -0.25) is 9.69 Å². The molecule has 1 aliphatic rings. The molecule has 2 N–H and O–H groups in total. The first kappa shape index (κ1) is 21.3. The van der Waals surface area contributed by atoms with Crippen molar-refractivity contribution in [3.8, 4) is 17.6 Å². The fourth-order valence-corrected chi connectivity index (χ4v) is 3.40. The Morgan fingerprint density at radius 3 is 2.50 bits per heavy atom. The standard InChI is InChI=1S/C23H23F2N3O2/c1-5-6-7-16-13-18(8-10-19(16)25)23(21(29)28(4)22(26)27-23)17-9-11-20(14(2)12-17)30-15(3)24/h8-13,15H,5H2,1-4H3,(H2,26,27)/t15?,23-/m1/s1. The van der Waals surface area contributed by atoms with Gasteiger partial charge in [0.05, 0.1) is 5.56 Å². The van der Waals surface area contributed by atoms with Gasteiger partial charge in [-0.25, -0.2) is 13.8 Å². The number of hydrogen-bond acceptors (Lipinski definition) is 4. The Morgan fingerprint density at radius 2 is 1.93 bits per heavy atom. The van der Waals surface area contributed by atoms with E-state index in [2.05, 4.69) is 16.8 Å². The third-order valence-electron chi connectivity index (χ3n) is 4.91. The first-order chi connectivity index (χ1) is 14.2. The molecule has 0 radical (unpaired) electrons. The molecule has 1 aliphatic heterocycles. The molecule has 30 heavy (non-hydrogen) atoms. The van der Waals surface area contributed by atoms with Gasteiger partial charge in [-0.1, -0.05) is 30.9 Å². The highest BCUT2D eigenvalue weighted by atomic mass is 19.1. The highest BCUT2D eigenvalue weighted by Gasteiger charge is 2.49. The van der Waals surface area contributed by atoms with Crippen molar-refractivity contribution in [2.24, 2.45) is 10.7 Å². The van der Waals surface area contributed by atoms with E-state index in [9.17, 15) is 13.6 Å². The maximum atomic E-state index is 14.3. The zero-order valence-electron chi connectivity index (χ0n) is 17.3. The summed E-state index contributed by atoms with van der Waals surface area (Å²) in [6.07, 6.45) is -0.914. The number of carbonyl (C=O) groups excluding carboxylic acids is 1. The van der Waals surface area contributed by atoms with Crippen LogP contribution in [0.15, 0.2) is 41.4 Å². The van der Waals surface area contributed by atoms with Crippen LogP contribution in [0.1, 0.15) is 42.5 Å². The zero-order chi connectivity index (χ0) is 22.1. The lowest BCUT2D eigenvalue weighted by Crippen LogP contribution is -2.41. The van der Waals surface area contributed by atoms with Crippen LogP contribution in [-0.4, -0.2) is 30.2 Å². The number of benzene rings is 2. The molecule has 0 fully saturated rings. The number of ether oxygens (including phenoxy) is 1. The summed E-state index contributed by atoms with van der Waals surface area (Å²) >= 11 is 0. The molecular formula is C23H23F2N3O2. The topological polar surface area (TPSA) is 67.9 Å². The fourth-order valence-electron chi connectivity index (χ4n) is 3.40. The largest absolute Gasteiger partial charge is 0.460 e. The van der Waals surface area contributed by atoms with Gasteiger partial charge in [-0.15, -0.1) is 0 Å². The Morgan fingerprint density at radius 1 is 1.27 bits per heavy atom. The van der Waals surface area contributed by atoms with E-state index in [0.29, 0.717) is 28.9 Å². The highest BCUT2D eigenvalue weighted by Crippen LogP contribution is 2.41. The number of carbonyl (C=O) groups is 1. The van der Waals surface area contributed by atoms with Crippen molar-refractivity contribution in [1.82, 2.24) is 4.90 Å². The molecule has 2 atom stereocenters.